The zero-order valence-electron chi connectivity index (χ0n) is 9.11. The van der Waals surface area contributed by atoms with E-state index in [9.17, 15) is 4.79 Å². The number of rotatable bonds is 3. The number of aryl methyl sites for hydroxylation is 1. The Kier molecular flexibility index (Phi) is 3.92. The van der Waals surface area contributed by atoms with Crippen molar-refractivity contribution < 1.29 is 14.3 Å². The van der Waals surface area contributed by atoms with Crippen LogP contribution in [0.15, 0.2) is 24.3 Å². The maximum Gasteiger partial charge on any atom is 0.330 e. The standard InChI is InChI=1S/C12H14O3/c1-9-4-6-11(14-2)10(8-9)5-7-12(13)15-3/h4-8H,1-3H3/b7-5-. The number of carbonyl (C=O) groups is 1. The molecule has 0 atom stereocenters. The zero-order chi connectivity index (χ0) is 11.3. The van der Waals surface area contributed by atoms with Crippen LogP contribution in [0.5, 0.6) is 5.75 Å². The summed E-state index contributed by atoms with van der Waals surface area (Å²) in [6, 6.07) is 5.76. The molecule has 0 aliphatic rings. The highest BCUT2D eigenvalue weighted by Gasteiger charge is 2.00. The van der Waals surface area contributed by atoms with Gasteiger partial charge in [-0.05, 0) is 25.1 Å². The molecule has 0 bridgehead atoms. The first-order chi connectivity index (χ1) is 7.17. The van der Waals surface area contributed by atoms with Crippen LogP contribution in [0.3, 0.4) is 0 Å². The molecule has 3 nitrogen and oxygen atoms in total. The van der Waals surface area contributed by atoms with E-state index in [0.29, 0.717) is 0 Å². The van der Waals surface area contributed by atoms with E-state index in [1.807, 2.05) is 25.1 Å². The average molecular weight is 206 g/mol. The lowest BCUT2D eigenvalue weighted by Gasteiger charge is -2.05. The molecule has 0 spiro atoms. The van der Waals surface area contributed by atoms with Crippen LogP contribution in [0, 0.1) is 6.92 Å². The van der Waals surface area contributed by atoms with Crippen LogP contribution in [0.25, 0.3) is 6.08 Å². The Morgan fingerprint density at radius 2 is 2.07 bits per heavy atom. The molecule has 0 fully saturated rings. The van der Waals surface area contributed by atoms with E-state index in [2.05, 4.69) is 4.74 Å². The third kappa shape index (κ3) is 3.13. The summed E-state index contributed by atoms with van der Waals surface area (Å²) < 4.78 is 9.67. The first kappa shape index (κ1) is 11.3. The predicted molar refractivity (Wildman–Crippen MR) is 58.8 cm³/mol. The lowest BCUT2D eigenvalue weighted by Crippen LogP contribution is -1.94. The van der Waals surface area contributed by atoms with Gasteiger partial charge in [0.25, 0.3) is 0 Å². The second-order valence-corrected chi connectivity index (χ2v) is 3.10. The van der Waals surface area contributed by atoms with Crippen LogP contribution in [0.2, 0.25) is 0 Å². The van der Waals surface area contributed by atoms with Gasteiger partial charge in [-0.15, -0.1) is 0 Å². The van der Waals surface area contributed by atoms with Crippen molar-refractivity contribution in [3.63, 3.8) is 0 Å². The van der Waals surface area contributed by atoms with Crippen LogP contribution in [-0.4, -0.2) is 20.2 Å². The van der Waals surface area contributed by atoms with Crippen molar-refractivity contribution >= 4 is 12.0 Å². The molecular formula is C12H14O3. The van der Waals surface area contributed by atoms with Crippen LogP contribution in [0.4, 0.5) is 0 Å². The topological polar surface area (TPSA) is 35.5 Å². The molecule has 1 aromatic rings. The fraction of sp³-hybridized carbons (Fsp3) is 0.250. The molecule has 0 aliphatic heterocycles. The zero-order valence-corrected chi connectivity index (χ0v) is 9.11. The number of benzene rings is 1. The number of esters is 1. The average Bonchev–Trinajstić information content (AvgIpc) is 2.26. The summed E-state index contributed by atoms with van der Waals surface area (Å²) in [6.45, 7) is 1.98. The van der Waals surface area contributed by atoms with E-state index < -0.39 is 0 Å². The molecule has 1 aromatic carbocycles. The minimum Gasteiger partial charge on any atom is -0.496 e. The van der Waals surface area contributed by atoms with Crippen LogP contribution in [0.1, 0.15) is 11.1 Å². The lowest BCUT2D eigenvalue weighted by molar-refractivity contribution is -0.134. The number of hydrogen-bond acceptors (Lipinski definition) is 3. The lowest BCUT2D eigenvalue weighted by atomic mass is 10.1. The van der Waals surface area contributed by atoms with Crippen molar-refractivity contribution in [1.82, 2.24) is 0 Å². The largest absolute Gasteiger partial charge is 0.496 e. The Hall–Kier alpha value is -1.77. The van der Waals surface area contributed by atoms with Crippen LogP contribution in [-0.2, 0) is 9.53 Å². The number of carbonyl (C=O) groups excluding carboxylic acids is 1. The Balaban J connectivity index is 2.96. The van der Waals surface area contributed by atoms with Gasteiger partial charge in [0, 0.05) is 11.6 Å². The van der Waals surface area contributed by atoms with Gasteiger partial charge in [-0.2, -0.15) is 0 Å². The molecule has 0 unspecified atom stereocenters. The summed E-state index contributed by atoms with van der Waals surface area (Å²) >= 11 is 0. The molecule has 0 saturated carbocycles. The number of hydrogen-bond donors (Lipinski definition) is 0. The monoisotopic (exact) mass is 206 g/mol. The molecule has 0 aliphatic carbocycles. The van der Waals surface area contributed by atoms with Gasteiger partial charge in [0.1, 0.15) is 5.75 Å². The highest BCUT2D eigenvalue weighted by molar-refractivity contribution is 5.87. The molecule has 0 aromatic heterocycles. The summed E-state index contributed by atoms with van der Waals surface area (Å²) in [5.74, 6) is 0.360. The molecule has 0 radical (unpaired) electrons. The fourth-order valence-corrected chi connectivity index (χ4v) is 1.21. The van der Waals surface area contributed by atoms with Crippen molar-refractivity contribution in [1.29, 1.82) is 0 Å². The molecular weight excluding hydrogens is 192 g/mol. The molecule has 0 amide bonds. The van der Waals surface area contributed by atoms with Crippen molar-refractivity contribution in [3.05, 3.63) is 35.4 Å². The molecule has 3 heteroatoms. The first-order valence-electron chi connectivity index (χ1n) is 4.58. The maximum absolute atomic E-state index is 10.9. The SMILES string of the molecule is COC(=O)/C=C\c1cc(C)ccc1OC. The molecule has 0 N–H and O–H groups in total. The fourth-order valence-electron chi connectivity index (χ4n) is 1.21. The second kappa shape index (κ2) is 5.20. The highest BCUT2D eigenvalue weighted by Crippen LogP contribution is 2.20. The predicted octanol–water partition coefficient (Wildman–Crippen LogP) is 2.19. The third-order valence-corrected chi connectivity index (χ3v) is 1.99. The van der Waals surface area contributed by atoms with Crippen molar-refractivity contribution in [3.8, 4) is 5.75 Å². The molecule has 0 saturated heterocycles. The van der Waals surface area contributed by atoms with Gasteiger partial charge in [-0.1, -0.05) is 11.6 Å². The molecule has 15 heavy (non-hydrogen) atoms. The third-order valence-electron chi connectivity index (χ3n) is 1.99. The Labute approximate surface area is 89.3 Å². The van der Waals surface area contributed by atoms with Gasteiger partial charge in [0.15, 0.2) is 0 Å². The van der Waals surface area contributed by atoms with Gasteiger partial charge >= 0.3 is 5.97 Å². The molecule has 1 rings (SSSR count). The van der Waals surface area contributed by atoms with Gasteiger partial charge in [-0.3, -0.25) is 0 Å². The van der Waals surface area contributed by atoms with Gasteiger partial charge in [-0.25, -0.2) is 4.79 Å². The Bertz CT molecular complexity index is 380. The minimum absolute atomic E-state index is 0.376. The van der Waals surface area contributed by atoms with Gasteiger partial charge < -0.3 is 9.47 Å². The van der Waals surface area contributed by atoms with E-state index in [4.69, 9.17) is 4.74 Å². The highest BCUT2D eigenvalue weighted by atomic mass is 16.5. The number of methoxy groups -OCH3 is 2. The summed E-state index contributed by atoms with van der Waals surface area (Å²) in [7, 11) is 2.94. The van der Waals surface area contributed by atoms with Crippen LogP contribution >= 0.6 is 0 Å². The van der Waals surface area contributed by atoms with Gasteiger partial charge in [0.2, 0.25) is 0 Å². The van der Waals surface area contributed by atoms with Crippen LogP contribution < -0.4 is 4.74 Å². The second-order valence-electron chi connectivity index (χ2n) is 3.10. The Morgan fingerprint density at radius 1 is 1.33 bits per heavy atom. The van der Waals surface area contributed by atoms with Crippen molar-refractivity contribution in [2.75, 3.05) is 14.2 Å². The smallest absolute Gasteiger partial charge is 0.330 e. The minimum atomic E-state index is -0.376. The van der Waals surface area contributed by atoms with E-state index >= 15 is 0 Å². The van der Waals surface area contributed by atoms with E-state index in [1.165, 1.54) is 13.2 Å². The summed E-state index contributed by atoms with van der Waals surface area (Å²) in [5.41, 5.74) is 1.98. The Morgan fingerprint density at radius 3 is 2.67 bits per heavy atom. The van der Waals surface area contributed by atoms with E-state index in [0.717, 1.165) is 16.9 Å². The molecule has 80 valence electrons. The van der Waals surface area contributed by atoms with E-state index in [1.54, 1.807) is 13.2 Å². The van der Waals surface area contributed by atoms with Gasteiger partial charge in [0.05, 0.1) is 14.2 Å². The summed E-state index contributed by atoms with van der Waals surface area (Å²) in [5, 5.41) is 0. The van der Waals surface area contributed by atoms with Crippen molar-refractivity contribution in [2.24, 2.45) is 0 Å². The van der Waals surface area contributed by atoms with E-state index in [-0.39, 0.29) is 5.97 Å². The number of ether oxygens (including phenoxy) is 2. The first-order valence-corrected chi connectivity index (χ1v) is 4.58. The summed E-state index contributed by atoms with van der Waals surface area (Å²) in [4.78, 5) is 10.9. The maximum atomic E-state index is 10.9. The molecule has 0 heterocycles. The van der Waals surface area contributed by atoms with Crippen molar-refractivity contribution in [2.45, 2.75) is 6.92 Å². The normalized spacial score (nSPS) is 10.3. The quantitative estimate of drug-likeness (QED) is 0.561. The summed E-state index contributed by atoms with van der Waals surface area (Å²) in [6.07, 6.45) is 3.05.